The standard InChI is InChI=1S/C20H18N4O3S/c25-24(26)16-11-9-15(10-12-16)23-21-13-14-5-1-4-8-19(14)28-20-22-17-6-2-3-7-18(17)27-20/h2-3,6-7,9-13,23H,1,4-5,8H2/b21-13+. The van der Waals surface area contributed by atoms with E-state index >= 15 is 0 Å². The lowest BCUT2D eigenvalue weighted by Gasteiger charge is -2.15. The lowest BCUT2D eigenvalue weighted by atomic mass is 10.0. The minimum Gasteiger partial charge on any atom is -0.431 e. The number of para-hydroxylation sites is 2. The van der Waals surface area contributed by atoms with Gasteiger partial charge in [-0.2, -0.15) is 5.10 Å². The van der Waals surface area contributed by atoms with E-state index in [0.29, 0.717) is 10.9 Å². The Hall–Kier alpha value is -3.13. The number of hydrogen-bond donors (Lipinski definition) is 1. The topological polar surface area (TPSA) is 93.6 Å². The third-order valence-electron chi connectivity index (χ3n) is 4.44. The number of nitrogens with one attached hydrogen (secondary N) is 1. The van der Waals surface area contributed by atoms with Crippen LogP contribution in [0.3, 0.4) is 0 Å². The number of nitro benzene ring substituents is 1. The molecular formula is C20H18N4O3S. The Balaban J connectivity index is 1.47. The minimum absolute atomic E-state index is 0.0570. The fourth-order valence-electron chi connectivity index (χ4n) is 3.00. The Morgan fingerprint density at radius 3 is 2.71 bits per heavy atom. The van der Waals surface area contributed by atoms with Crippen molar-refractivity contribution in [2.45, 2.75) is 30.9 Å². The van der Waals surface area contributed by atoms with Crippen molar-refractivity contribution in [2.75, 3.05) is 5.43 Å². The van der Waals surface area contributed by atoms with Gasteiger partial charge in [0.2, 0.25) is 0 Å². The number of hydrazone groups is 1. The average molecular weight is 394 g/mol. The number of nitrogens with zero attached hydrogens (tertiary/aromatic N) is 3. The number of oxazole rings is 1. The highest BCUT2D eigenvalue weighted by Crippen LogP contribution is 2.37. The highest BCUT2D eigenvalue weighted by molar-refractivity contribution is 8.02. The molecule has 1 heterocycles. The molecule has 8 heteroatoms. The Morgan fingerprint density at radius 2 is 1.93 bits per heavy atom. The summed E-state index contributed by atoms with van der Waals surface area (Å²) >= 11 is 1.56. The Labute approximate surface area is 165 Å². The molecule has 0 saturated carbocycles. The first-order valence-electron chi connectivity index (χ1n) is 8.98. The molecule has 0 unspecified atom stereocenters. The van der Waals surface area contributed by atoms with Crippen LogP contribution >= 0.6 is 11.8 Å². The van der Waals surface area contributed by atoms with Crippen LogP contribution in [0.5, 0.6) is 0 Å². The van der Waals surface area contributed by atoms with Crippen LogP contribution in [0.1, 0.15) is 25.7 Å². The Bertz CT molecular complexity index is 1020. The number of benzene rings is 2. The van der Waals surface area contributed by atoms with Crippen molar-refractivity contribution < 1.29 is 9.34 Å². The quantitative estimate of drug-likeness (QED) is 0.325. The van der Waals surface area contributed by atoms with E-state index in [9.17, 15) is 10.1 Å². The van der Waals surface area contributed by atoms with E-state index in [1.807, 2.05) is 30.5 Å². The Morgan fingerprint density at radius 1 is 1.14 bits per heavy atom. The smallest absolute Gasteiger partial charge is 0.269 e. The second-order valence-electron chi connectivity index (χ2n) is 6.38. The van der Waals surface area contributed by atoms with Crippen molar-refractivity contribution in [3.8, 4) is 0 Å². The number of non-ortho nitro benzene ring substituents is 1. The average Bonchev–Trinajstić information content (AvgIpc) is 3.12. The fraction of sp³-hybridized carbons (Fsp3) is 0.200. The van der Waals surface area contributed by atoms with Gasteiger partial charge in [0.15, 0.2) is 5.58 Å². The van der Waals surface area contributed by atoms with Crippen molar-refractivity contribution in [3.63, 3.8) is 0 Å². The lowest BCUT2D eigenvalue weighted by molar-refractivity contribution is -0.384. The van der Waals surface area contributed by atoms with Gasteiger partial charge in [0, 0.05) is 12.1 Å². The summed E-state index contributed by atoms with van der Waals surface area (Å²) < 4.78 is 5.83. The van der Waals surface area contributed by atoms with Gasteiger partial charge in [0.25, 0.3) is 10.9 Å². The van der Waals surface area contributed by atoms with Crippen molar-refractivity contribution in [1.29, 1.82) is 0 Å². The first-order valence-corrected chi connectivity index (χ1v) is 9.80. The van der Waals surface area contributed by atoms with Crippen LogP contribution in [0.25, 0.3) is 11.1 Å². The second-order valence-corrected chi connectivity index (χ2v) is 7.43. The predicted molar refractivity (Wildman–Crippen MR) is 111 cm³/mol. The van der Waals surface area contributed by atoms with Gasteiger partial charge in [-0.25, -0.2) is 4.98 Å². The molecule has 0 aliphatic heterocycles. The molecule has 0 radical (unpaired) electrons. The zero-order valence-electron chi connectivity index (χ0n) is 15.0. The van der Waals surface area contributed by atoms with Crippen LogP contribution < -0.4 is 5.43 Å². The summed E-state index contributed by atoms with van der Waals surface area (Å²) in [6.07, 6.45) is 6.01. The summed E-state index contributed by atoms with van der Waals surface area (Å²) in [5.41, 5.74) is 6.49. The van der Waals surface area contributed by atoms with Gasteiger partial charge in [-0.15, -0.1) is 0 Å². The zero-order valence-corrected chi connectivity index (χ0v) is 15.8. The summed E-state index contributed by atoms with van der Waals surface area (Å²) in [5, 5.41) is 15.7. The van der Waals surface area contributed by atoms with E-state index in [0.717, 1.165) is 42.4 Å². The molecule has 0 fully saturated rings. The van der Waals surface area contributed by atoms with Crippen molar-refractivity contribution in [3.05, 3.63) is 69.1 Å². The maximum Gasteiger partial charge on any atom is 0.269 e. The number of allylic oxidation sites excluding steroid dienone is 2. The van der Waals surface area contributed by atoms with Crippen LogP contribution in [0, 0.1) is 10.1 Å². The summed E-state index contributed by atoms with van der Waals surface area (Å²) in [4.78, 5) is 16.0. The van der Waals surface area contributed by atoms with Crippen LogP contribution in [0.2, 0.25) is 0 Å². The maximum absolute atomic E-state index is 10.7. The van der Waals surface area contributed by atoms with Gasteiger partial charge in [-0.05, 0) is 72.2 Å². The van der Waals surface area contributed by atoms with Crippen LogP contribution in [0.4, 0.5) is 11.4 Å². The van der Waals surface area contributed by atoms with E-state index in [4.69, 9.17) is 4.42 Å². The van der Waals surface area contributed by atoms with Gasteiger partial charge in [0.05, 0.1) is 16.8 Å². The molecule has 1 aromatic heterocycles. The monoisotopic (exact) mass is 394 g/mol. The predicted octanol–water partition coefficient (Wildman–Crippen LogP) is 5.75. The molecule has 4 rings (SSSR count). The molecule has 3 aromatic rings. The molecule has 7 nitrogen and oxygen atoms in total. The van der Waals surface area contributed by atoms with E-state index in [-0.39, 0.29) is 5.69 Å². The van der Waals surface area contributed by atoms with Crippen LogP contribution in [-0.4, -0.2) is 16.1 Å². The van der Waals surface area contributed by atoms with Gasteiger partial charge in [0.1, 0.15) is 5.52 Å². The molecule has 0 atom stereocenters. The molecule has 1 aliphatic carbocycles. The number of anilines is 1. The third-order valence-corrected chi connectivity index (χ3v) is 5.50. The molecule has 0 amide bonds. The summed E-state index contributed by atoms with van der Waals surface area (Å²) in [6.45, 7) is 0. The number of aromatic nitrogens is 1. The number of rotatable bonds is 6. The maximum atomic E-state index is 10.7. The number of fused-ring (bicyclic) bond motifs is 1. The highest BCUT2D eigenvalue weighted by atomic mass is 32.2. The largest absolute Gasteiger partial charge is 0.431 e. The van der Waals surface area contributed by atoms with Gasteiger partial charge >= 0.3 is 0 Å². The van der Waals surface area contributed by atoms with Gasteiger partial charge < -0.3 is 4.42 Å². The van der Waals surface area contributed by atoms with Crippen molar-refractivity contribution >= 4 is 40.5 Å². The fourth-order valence-corrected chi connectivity index (χ4v) is 4.02. The summed E-state index contributed by atoms with van der Waals surface area (Å²) in [7, 11) is 0. The van der Waals surface area contributed by atoms with E-state index < -0.39 is 4.92 Å². The van der Waals surface area contributed by atoms with E-state index in [1.165, 1.54) is 17.0 Å². The molecule has 28 heavy (non-hydrogen) atoms. The minimum atomic E-state index is -0.421. The third kappa shape index (κ3) is 4.23. The molecular weight excluding hydrogens is 376 g/mol. The summed E-state index contributed by atoms with van der Waals surface area (Å²) in [5.74, 6) is 0. The zero-order chi connectivity index (χ0) is 19.3. The number of hydrogen-bond acceptors (Lipinski definition) is 7. The molecule has 1 aliphatic rings. The first-order chi connectivity index (χ1) is 13.7. The highest BCUT2D eigenvalue weighted by Gasteiger charge is 2.16. The van der Waals surface area contributed by atoms with Crippen LogP contribution in [-0.2, 0) is 0 Å². The van der Waals surface area contributed by atoms with Gasteiger partial charge in [-0.1, -0.05) is 12.1 Å². The van der Waals surface area contributed by atoms with Crippen molar-refractivity contribution in [1.82, 2.24) is 4.98 Å². The first kappa shape index (κ1) is 18.2. The normalized spacial score (nSPS) is 14.7. The van der Waals surface area contributed by atoms with Gasteiger partial charge in [-0.3, -0.25) is 15.5 Å². The summed E-state index contributed by atoms with van der Waals surface area (Å²) in [6, 6.07) is 13.9. The molecule has 0 saturated heterocycles. The molecule has 142 valence electrons. The van der Waals surface area contributed by atoms with E-state index in [2.05, 4.69) is 15.5 Å². The van der Waals surface area contributed by atoms with E-state index in [1.54, 1.807) is 23.9 Å². The molecule has 0 bridgehead atoms. The molecule has 1 N–H and O–H groups in total. The second kappa shape index (κ2) is 8.26. The molecule has 2 aromatic carbocycles. The van der Waals surface area contributed by atoms with Crippen molar-refractivity contribution in [2.24, 2.45) is 5.10 Å². The SMILES string of the molecule is O=[N+]([O-])c1ccc(N/N=C/C2=C(Sc3nc4ccccc4o3)CCCC2)cc1. The lowest BCUT2D eigenvalue weighted by Crippen LogP contribution is -2.00. The molecule has 0 spiro atoms. The number of thioether (sulfide) groups is 1. The van der Waals surface area contributed by atoms with Crippen LogP contribution in [0.15, 0.2) is 73.8 Å². The number of nitro groups is 1. The Kier molecular flexibility index (Phi) is 5.38.